The van der Waals surface area contributed by atoms with Crippen LogP contribution in [0.15, 0.2) is 54.6 Å². The van der Waals surface area contributed by atoms with E-state index in [1.165, 1.54) is 13.0 Å². The number of ether oxygens (including phenoxy) is 1. The molecule has 6 nitrogen and oxygen atoms in total. The SMILES string of the molecule is C[C@@H](OC(=O)[C@H](O)c1ccccc1)C(=O)Nc1cccc(C#N)c1. The lowest BCUT2D eigenvalue weighted by Crippen LogP contribution is -2.31. The summed E-state index contributed by atoms with van der Waals surface area (Å²) < 4.78 is 4.99. The molecular weight excluding hydrogens is 308 g/mol. The predicted octanol–water partition coefficient (Wildman–Crippen LogP) is 2.16. The highest BCUT2D eigenvalue weighted by Gasteiger charge is 2.24. The van der Waals surface area contributed by atoms with E-state index in [9.17, 15) is 14.7 Å². The second-order valence-electron chi connectivity index (χ2n) is 5.07. The first-order chi connectivity index (χ1) is 11.5. The second kappa shape index (κ2) is 7.90. The molecule has 6 heteroatoms. The molecule has 2 atom stereocenters. The summed E-state index contributed by atoms with van der Waals surface area (Å²) in [4.78, 5) is 24.0. The van der Waals surface area contributed by atoms with E-state index in [0.717, 1.165) is 0 Å². The van der Waals surface area contributed by atoms with Crippen LogP contribution in [0, 0.1) is 11.3 Å². The normalized spacial score (nSPS) is 12.5. The van der Waals surface area contributed by atoms with E-state index in [1.54, 1.807) is 48.5 Å². The standard InChI is InChI=1S/C18H16N2O4/c1-12(17(22)20-15-9-5-6-13(10-15)11-19)24-18(23)16(21)14-7-3-2-4-8-14/h2-10,12,16,21H,1H3,(H,20,22)/t12-,16-/m1/s1. The highest BCUT2D eigenvalue weighted by Crippen LogP contribution is 2.15. The molecule has 0 aliphatic heterocycles. The average Bonchev–Trinajstić information content (AvgIpc) is 2.61. The van der Waals surface area contributed by atoms with Gasteiger partial charge in [-0.2, -0.15) is 5.26 Å². The number of hydrogen-bond acceptors (Lipinski definition) is 5. The maximum absolute atomic E-state index is 12.1. The smallest absolute Gasteiger partial charge is 0.340 e. The Balaban J connectivity index is 1.96. The third kappa shape index (κ3) is 4.41. The van der Waals surface area contributed by atoms with Crippen molar-refractivity contribution < 1.29 is 19.4 Å². The first kappa shape index (κ1) is 17.2. The van der Waals surface area contributed by atoms with Gasteiger partial charge >= 0.3 is 5.97 Å². The highest BCUT2D eigenvalue weighted by atomic mass is 16.6. The molecule has 24 heavy (non-hydrogen) atoms. The molecule has 0 spiro atoms. The van der Waals surface area contributed by atoms with Gasteiger partial charge in [-0.1, -0.05) is 36.4 Å². The molecule has 0 fully saturated rings. The minimum Gasteiger partial charge on any atom is -0.450 e. The fraction of sp³-hybridized carbons (Fsp3) is 0.167. The Morgan fingerprint density at radius 3 is 2.54 bits per heavy atom. The van der Waals surface area contributed by atoms with Gasteiger partial charge in [0.25, 0.3) is 5.91 Å². The van der Waals surface area contributed by atoms with E-state index in [-0.39, 0.29) is 0 Å². The van der Waals surface area contributed by atoms with Crippen molar-refractivity contribution in [1.29, 1.82) is 5.26 Å². The van der Waals surface area contributed by atoms with Crippen LogP contribution in [0.4, 0.5) is 5.69 Å². The number of amides is 1. The van der Waals surface area contributed by atoms with Gasteiger partial charge in [0.1, 0.15) is 0 Å². The lowest BCUT2D eigenvalue weighted by molar-refractivity contribution is -0.162. The number of rotatable bonds is 5. The molecule has 2 rings (SSSR count). The molecule has 0 saturated carbocycles. The van der Waals surface area contributed by atoms with E-state index >= 15 is 0 Å². The van der Waals surface area contributed by atoms with Crippen molar-refractivity contribution in [2.45, 2.75) is 19.1 Å². The third-order valence-corrected chi connectivity index (χ3v) is 3.26. The lowest BCUT2D eigenvalue weighted by Gasteiger charge is -2.16. The number of hydrogen-bond donors (Lipinski definition) is 2. The van der Waals surface area contributed by atoms with Gasteiger partial charge in [0, 0.05) is 5.69 Å². The fourth-order valence-electron chi connectivity index (χ4n) is 1.97. The number of carbonyl (C=O) groups is 2. The minimum atomic E-state index is -1.46. The van der Waals surface area contributed by atoms with Crippen molar-refractivity contribution in [3.05, 3.63) is 65.7 Å². The van der Waals surface area contributed by atoms with Gasteiger partial charge in [0.05, 0.1) is 11.6 Å². The lowest BCUT2D eigenvalue weighted by atomic mass is 10.1. The zero-order chi connectivity index (χ0) is 17.5. The molecule has 122 valence electrons. The monoisotopic (exact) mass is 324 g/mol. The number of aliphatic hydroxyl groups is 1. The summed E-state index contributed by atoms with van der Waals surface area (Å²) in [6.07, 6.45) is -2.55. The zero-order valence-corrected chi connectivity index (χ0v) is 13.0. The van der Waals surface area contributed by atoms with Crippen LogP contribution < -0.4 is 5.32 Å². The Morgan fingerprint density at radius 1 is 1.17 bits per heavy atom. The Bertz CT molecular complexity index is 768. The largest absolute Gasteiger partial charge is 0.450 e. The Hall–Kier alpha value is -3.17. The Morgan fingerprint density at radius 2 is 1.88 bits per heavy atom. The number of esters is 1. The summed E-state index contributed by atoms with van der Waals surface area (Å²) >= 11 is 0. The number of benzene rings is 2. The molecule has 0 unspecified atom stereocenters. The maximum atomic E-state index is 12.1. The number of nitriles is 1. The van der Waals surface area contributed by atoms with Crippen molar-refractivity contribution in [2.24, 2.45) is 0 Å². The molecule has 0 radical (unpaired) electrons. The van der Waals surface area contributed by atoms with Crippen LogP contribution in [0.1, 0.15) is 24.2 Å². The third-order valence-electron chi connectivity index (χ3n) is 3.26. The van der Waals surface area contributed by atoms with E-state index < -0.39 is 24.1 Å². The number of carbonyl (C=O) groups excluding carboxylic acids is 2. The molecule has 0 saturated heterocycles. The van der Waals surface area contributed by atoms with Crippen LogP contribution in [0.5, 0.6) is 0 Å². The molecule has 1 amide bonds. The van der Waals surface area contributed by atoms with Gasteiger partial charge in [-0.05, 0) is 30.7 Å². The summed E-state index contributed by atoms with van der Waals surface area (Å²) in [5.74, 6) is -1.46. The first-order valence-electron chi connectivity index (χ1n) is 7.26. The van der Waals surface area contributed by atoms with Crippen molar-refractivity contribution in [3.63, 3.8) is 0 Å². The molecule has 2 N–H and O–H groups in total. The van der Waals surface area contributed by atoms with Crippen LogP contribution in [0.25, 0.3) is 0 Å². The molecule has 0 aromatic heterocycles. The summed E-state index contributed by atoms with van der Waals surface area (Å²) in [5, 5.41) is 21.3. The van der Waals surface area contributed by atoms with Gasteiger partial charge in [-0.3, -0.25) is 4.79 Å². The predicted molar refractivity (Wildman–Crippen MR) is 86.7 cm³/mol. The number of anilines is 1. The Kier molecular flexibility index (Phi) is 5.66. The number of aliphatic hydroxyl groups excluding tert-OH is 1. The van der Waals surface area contributed by atoms with Crippen LogP contribution >= 0.6 is 0 Å². The summed E-state index contributed by atoms with van der Waals surface area (Å²) in [5.41, 5.74) is 1.21. The molecule has 2 aromatic carbocycles. The first-order valence-corrected chi connectivity index (χ1v) is 7.26. The molecule has 0 bridgehead atoms. The molecule has 2 aromatic rings. The summed E-state index contributed by atoms with van der Waals surface area (Å²) in [7, 11) is 0. The summed E-state index contributed by atoms with van der Waals surface area (Å²) in [6, 6.07) is 16.6. The number of nitrogens with zero attached hydrogens (tertiary/aromatic N) is 1. The summed E-state index contributed by atoms with van der Waals surface area (Å²) in [6.45, 7) is 1.40. The molecular formula is C18H16N2O4. The van der Waals surface area contributed by atoms with E-state index in [1.807, 2.05) is 6.07 Å². The van der Waals surface area contributed by atoms with E-state index in [0.29, 0.717) is 16.8 Å². The number of nitrogens with one attached hydrogen (secondary N) is 1. The van der Waals surface area contributed by atoms with Crippen molar-refractivity contribution >= 4 is 17.6 Å². The van der Waals surface area contributed by atoms with Crippen molar-refractivity contribution in [1.82, 2.24) is 0 Å². The van der Waals surface area contributed by atoms with Crippen LogP contribution in [0.2, 0.25) is 0 Å². The van der Waals surface area contributed by atoms with Gasteiger partial charge in [0.15, 0.2) is 12.2 Å². The Labute approximate surface area is 139 Å². The van der Waals surface area contributed by atoms with E-state index in [2.05, 4.69) is 5.32 Å². The van der Waals surface area contributed by atoms with Gasteiger partial charge in [-0.25, -0.2) is 4.79 Å². The van der Waals surface area contributed by atoms with Crippen LogP contribution in [-0.4, -0.2) is 23.1 Å². The topological polar surface area (TPSA) is 99.4 Å². The van der Waals surface area contributed by atoms with E-state index in [4.69, 9.17) is 10.00 Å². The molecule has 0 aliphatic rings. The van der Waals surface area contributed by atoms with Gasteiger partial charge in [0.2, 0.25) is 0 Å². The fourth-order valence-corrected chi connectivity index (χ4v) is 1.97. The average molecular weight is 324 g/mol. The van der Waals surface area contributed by atoms with Crippen molar-refractivity contribution in [2.75, 3.05) is 5.32 Å². The van der Waals surface area contributed by atoms with Crippen molar-refractivity contribution in [3.8, 4) is 6.07 Å². The highest BCUT2D eigenvalue weighted by molar-refractivity contribution is 5.95. The van der Waals surface area contributed by atoms with Gasteiger partial charge < -0.3 is 15.2 Å². The minimum absolute atomic E-state index is 0.386. The maximum Gasteiger partial charge on any atom is 0.340 e. The second-order valence-corrected chi connectivity index (χ2v) is 5.07. The molecule has 0 heterocycles. The van der Waals surface area contributed by atoms with Crippen LogP contribution in [-0.2, 0) is 14.3 Å². The quantitative estimate of drug-likeness (QED) is 0.821. The molecule has 0 aliphatic carbocycles. The zero-order valence-electron chi connectivity index (χ0n) is 13.0. The van der Waals surface area contributed by atoms with Gasteiger partial charge in [-0.15, -0.1) is 0 Å². The van der Waals surface area contributed by atoms with Crippen LogP contribution in [0.3, 0.4) is 0 Å².